The third kappa shape index (κ3) is 4.78. The van der Waals surface area contributed by atoms with Crippen LogP contribution in [0.2, 0.25) is 0 Å². The smallest absolute Gasteiger partial charge is 0.389 e. The number of carbonyl (C=O) groups is 1. The van der Waals surface area contributed by atoms with E-state index in [1.807, 2.05) is 0 Å². The quantitative estimate of drug-likeness (QED) is 0.404. The third-order valence-electron chi connectivity index (χ3n) is 3.12. The van der Waals surface area contributed by atoms with E-state index in [-0.39, 0.29) is 6.92 Å². The van der Waals surface area contributed by atoms with Crippen LogP contribution in [0.3, 0.4) is 0 Å². The van der Waals surface area contributed by atoms with Gasteiger partial charge in [0.2, 0.25) is 0 Å². The lowest BCUT2D eigenvalue weighted by molar-refractivity contribution is -0.396. The maximum Gasteiger partial charge on any atom is 0.389 e. The molecule has 0 unspecified atom stereocenters. The van der Waals surface area contributed by atoms with Gasteiger partial charge in [-0.15, -0.1) is 0 Å². The Labute approximate surface area is 141 Å². The van der Waals surface area contributed by atoms with Crippen molar-refractivity contribution in [1.82, 2.24) is 0 Å². The number of halogens is 13. The zero-order valence-electron chi connectivity index (χ0n) is 12.8. The lowest BCUT2D eigenvalue weighted by atomic mass is 9.91. The van der Waals surface area contributed by atoms with E-state index in [9.17, 15) is 61.9 Å². The normalized spacial score (nSPS) is 15.9. The fourth-order valence-electron chi connectivity index (χ4n) is 1.52. The summed E-state index contributed by atoms with van der Waals surface area (Å²) in [5, 5.41) is 8.24. The second-order valence-electron chi connectivity index (χ2n) is 5.30. The fourth-order valence-corrected chi connectivity index (χ4v) is 1.52. The van der Waals surface area contributed by atoms with Crippen LogP contribution in [-0.2, 0) is 4.79 Å². The first kappa shape index (κ1) is 25.3. The molecule has 0 spiro atoms. The number of hydrogen-bond acceptors (Lipinski definition) is 1. The van der Waals surface area contributed by atoms with Crippen molar-refractivity contribution >= 4 is 5.97 Å². The molecule has 0 aromatic rings. The molecule has 0 bridgehead atoms. The molecule has 0 aliphatic carbocycles. The van der Waals surface area contributed by atoms with Crippen molar-refractivity contribution in [3.8, 4) is 0 Å². The Morgan fingerprint density at radius 1 is 0.741 bits per heavy atom. The first-order valence-corrected chi connectivity index (χ1v) is 6.42. The summed E-state index contributed by atoms with van der Waals surface area (Å²) in [6, 6.07) is 0. The molecule has 1 N–H and O–H groups in total. The van der Waals surface area contributed by atoms with E-state index in [0.717, 1.165) is 0 Å². The standard InChI is InChI=1S/C12H9F13O2/c1-5(6(26)27)4-8(15,16)11(22,23)12(24,25)10(20,21)7(13,14)2-3-9(17,18)19/h4H,2-3H2,1H3,(H,26,27). The maximum absolute atomic E-state index is 13.3. The van der Waals surface area contributed by atoms with Crippen LogP contribution < -0.4 is 0 Å². The number of carboxylic acid groups (broad SMARTS) is 1. The second-order valence-corrected chi connectivity index (χ2v) is 5.30. The summed E-state index contributed by atoms with van der Waals surface area (Å²) in [5.74, 6) is -37.4. The lowest BCUT2D eigenvalue weighted by Gasteiger charge is -2.39. The van der Waals surface area contributed by atoms with Gasteiger partial charge in [-0.2, -0.15) is 57.1 Å². The monoisotopic (exact) mass is 432 g/mol. The summed E-state index contributed by atoms with van der Waals surface area (Å²) in [6.07, 6.45) is -12.8. The maximum atomic E-state index is 13.3. The minimum atomic E-state index is -7.56. The summed E-state index contributed by atoms with van der Waals surface area (Å²) in [7, 11) is 0. The van der Waals surface area contributed by atoms with Gasteiger partial charge in [0.15, 0.2) is 0 Å². The second kappa shape index (κ2) is 7.04. The van der Waals surface area contributed by atoms with E-state index in [2.05, 4.69) is 0 Å². The highest BCUT2D eigenvalue weighted by molar-refractivity contribution is 5.86. The molecular weight excluding hydrogens is 423 g/mol. The van der Waals surface area contributed by atoms with Gasteiger partial charge in [0, 0.05) is 24.5 Å². The molecule has 0 aromatic carbocycles. The molecule has 160 valence electrons. The van der Waals surface area contributed by atoms with Crippen LogP contribution in [0.4, 0.5) is 57.1 Å². The van der Waals surface area contributed by atoms with E-state index >= 15 is 0 Å². The highest BCUT2D eigenvalue weighted by Gasteiger charge is 2.85. The molecule has 0 saturated carbocycles. The van der Waals surface area contributed by atoms with Gasteiger partial charge < -0.3 is 5.11 Å². The summed E-state index contributed by atoms with van der Waals surface area (Å²) < 4.78 is 168. The summed E-state index contributed by atoms with van der Waals surface area (Å²) in [5.41, 5.74) is -1.72. The lowest BCUT2D eigenvalue weighted by Crippen LogP contribution is -2.67. The van der Waals surface area contributed by atoms with Crippen LogP contribution in [0.5, 0.6) is 0 Å². The summed E-state index contributed by atoms with van der Waals surface area (Å²) in [4.78, 5) is 10.3. The van der Waals surface area contributed by atoms with Crippen LogP contribution in [-0.4, -0.2) is 46.9 Å². The van der Waals surface area contributed by atoms with Crippen molar-refractivity contribution in [2.75, 3.05) is 0 Å². The Morgan fingerprint density at radius 2 is 1.15 bits per heavy atom. The predicted molar refractivity (Wildman–Crippen MR) is 61.4 cm³/mol. The molecule has 0 saturated heterocycles. The van der Waals surface area contributed by atoms with E-state index in [1.54, 1.807) is 0 Å². The molecule has 2 nitrogen and oxygen atoms in total. The average Bonchev–Trinajstić information content (AvgIpc) is 2.43. The molecule has 0 aliphatic rings. The van der Waals surface area contributed by atoms with Crippen molar-refractivity contribution in [3.05, 3.63) is 11.6 Å². The number of aliphatic carboxylic acids is 1. The van der Waals surface area contributed by atoms with Crippen molar-refractivity contribution in [1.29, 1.82) is 0 Å². The Bertz CT molecular complexity index is 589. The molecular formula is C12H9F13O2. The number of alkyl halides is 13. The molecule has 0 aromatic heterocycles. The Morgan fingerprint density at radius 3 is 1.48 bits per heavy atom. The summed E-state index contributed by atoms with van der Waals surface area (Å²) >= 11 is 0. The van der Waals surface area contributed by atoms with Crippen LogP contribution in [0.1, 0.15) is 19.8 Å². The van der Waals surface area contributed by atoms with Gasteiger partial charge in [-0.3, -0.25) is 0 Å². The zero-order valence-corrected chi connectivity index (χ0v) is 12.8. The Hall–Kier alpha value is -1.70. The summed E-state index contributed by atoms with van der Waals surface area (Å²) in [6.45, 7) is 0.181. The molecule has 0 aliphatic heterocycles. The van der Waals surface area contributed by atoms with Crippen molar-refractivity contribution in [3.63, 3.8) is 0 Å². The highest BCUT2D eigenvalue weighted by atomic mass is 19.4. The van der Waals surface area contributed by atoms with Gasteiger partial charge in [-0.05, 0) is 6.92 Å². The molecule has 0 amide bonds. The van der Waals surface area contributed by atoms with Gasteiger partial charge in [0.05, 0.1) is 0 Å². The number of hydrogen-bond donors (Lipinski definition) is 1. The minimum absolute atomic E-state index is 0.181. The first-order valence-electron chi connectivity index (χ1n) is 6.42. The molecule has 0 atom stereocenters. The highest BCUT2D eigenvalue weighted by Crippen LogP contribution is 2.58. The topological polar surface area (TPSA) is 37.3 Å². The van der Waals surface area contributed by atoms with Gasteiger partial charge in [0.25, 0.3) is 0 Å². The molecule has 0 radical (unpaired) electrons. The number of rotatable bonds is 8. The fraction of sp³-hybridized carbons (Fsp3) is 0.750. The van der Waals surface area contributed by atoms with Crippen LogP contribution in [0.25, 0.3) is 0 Å². The largest absolute Gasteiger partial charge is 0.478 e. The van der Waals surface area contributed by atoms with Gasteiger partial charge in [-0.1, -0.05) is 0 Å². The van der Waals surface area contributed by atoms with Gasteiger partial charge >= 0.3 is 41.8 Å². The molecule has 0 rings (SSSR count). The number of carboxylic acids is 1. The minimum Gasteiger partial charge on any atom is -0.478 e. The molecule has 27 heavy (non-hydrogen) atoms. The van der Waals surface area contributed by atoms with Gasteiger partial charge in [0.1, 0.15) is 0 Å². The van der Waals surface area contributed by atoms with Crippen LogP contribution in [0, 0.1) is 0 Å². The first-order chi connectivity index (χ1) is 11.5. The van der Waals surface area contributed by atoms with Crippen molar-refractivity contribution in [2.45, 2.75) is 55.6 Å². The molecule has 0 heterocycles. The van der Waals surface area contributed by atoms with E-state index in [0.29, 0.717) is 0 Å². The van der Waals surface area contributed by atoms with Crippen LogP contribution >= 0.6 is 0 Å². The number of allylic oxidation sites excluding steroid dienone is 1. The van der Waals surface area contributed by atoms with Crippen molar-refractivity contribution in [2.24, 2.45) is 0 Å². The van der Waals surface area contributed by atoms with E-state index in [1.165, 1.54) is 0 Å². The van der Waals surface area contributed by atoms with E-state index in [4.69, 9.17) is 5.11 Å². The Balaban J connectivity index is 6.11. The predicted octanol–water partition coefficient (Wildman–Crippen LogP) is 5.54. The Kier molecular flexibility index (Phi) is 6.59. The van der Waals surface area contributed by atoms with Crippen molar-refractivity contribution < 1.29 is 67.0 Å². The van der Waals surface area contributed by atoms with E-state index < -0.39 is 66.2 Å². The molecule has 0 fully saturated rings. The van der Waals surface area contributed by atoms with Gasteiger partial charge in [-0.25, -0.2) is 4.79 Å². The third-order valence-corrected chi connectivity index (χ3v) is 3.12. The SMILES string of the molecule is CC(=CC(F)(F)C(F)(F)C(F)(F)C(F)(F)C(F)(F)CCC(F)(F)F)C(=O)O. The molecule has 15 heteroatoms. The zero-order chi connectivity index (χ0) is 22.3. The van der Waals surface area contributed by atoms with Crippen LogP contribution in [0.15, 0.2) is 11.6 Å². The average molecular weight is 432 g/mol.